The molecule has 0 aliphatic rings. The highest BCUT2D eigenvalue weighted by atomic mass is 35.5. The summed E-state index contributed by atoms with van der Waals surface area (Å²) >= 11 is 6.02. The summed E-state index contributed by atoms with van der Waals surface area (Å²) < 4.78 is 31.4. The number of benzene rings is 1. The Morgan fingerprint density at radius 2 is 1.85 bits per heavy atom. The Balaban J connectivity index is 2.89. The summed E-state index contributed by atoms with van der Waals surface area (Å²) in [7, 11) is -3.82. The van der Waals surface area contributed by atoms with Gasteiger partial charge in [-0.15, -0.1) is 0 Å². The summed E-state index contributed by atoms with van der Waals surface area (Å²) in [5.41, 5.74) is 0.0153. The van der Waals surface area contributed by atoms with Gasteiger partial charge in [0.05, 0.1) is 10.6 Å². The maximum absolute atomic E-state index is 12.6. The maximum atomic E-state index is 12.6. The van der Waals surface area contributed by atoms with E-state index < -0.39 is 28.5 Å². The van der Waals surface area contributed by atoms with E-state index in [1.165, 1.54) is 22.5 Å². The number of nitrogens with zero attached hydrogens (tertiary/aromatic N) is 1. The molecule has 1 aromatic rings. The van der Waals surface area contributed by atoms with Crippen LogP contribution in [0.15, 0.2) is 23.1 Å². The fraction of sp³-hybridized carbons (Fsp3) is 0.529. The van der Waals surface area contributed by atoms with E-state index in [1.54, 1.807) is 13.8 Å². The average Bonchev–Trinajstić information content (AvgIpc) is 2.61. The van der Waals surface area contributed by atoms with Crippen LogP contribution in [0.25, 0.3) is 0 Å². The van der Waals surface area contributed by atoms with Crippen LogP contribution in [0.4, 0.5) is 0 Å². The van der Waals surface area contributed by atoms with Gasteiger partial charge in [-0.25, -0.2) is 13.2 Å². The number of carbonyl (C=O) groups is 2. The van der Waals surface area contributed by atoms with Crippen LogP contribution in [0.5, 0.6) is 0 Å². The van der Waals surface area contributed by atoms with Crippen molar-refractivity contribution in [2.45, 2.75) is 38.5 Å². The zero-order valence-corrected chi connectivity index (χ0v) is 16.8. The zero-order chi connectivity index (χ0) is 19.7. The average molecular weight is 405 g/mol. The fourth-order valence-corrected chi connectivity index (χ4v) is 4.16. The quantitative estimate of drug-likeness (QED) is 0.477. The number of esters is 1. The first-order chi connectivity index (χ1) is 12.3. The number of hydrogen-bond donors (Lipinski definition) is 1. The molecule has 0 saturated carbocycles. The largest absolute Gasteiger partial charge is 0.452 e. The minimum Gasteiger partial charge on any atom is -0.452 e. The van der Waals surface area contributed by atoms with Crippen molar-refractivity contribution in [2.24, 2.45) is 0 Å². The van der Waals surface area contributed by atoms with Crippen LogP contribution in [0.1, 0.15) is 44.0 Å². The van der Waals surface area contributed by atoms with Gasteiger partial charge in [0.1, 0.15) is 4.90 Å². The Kier molecular flexibility index (Phi) is 9.04. The Labute approximate surface area is 159 Å². The van der Waals surface area contributed by atoms with Crippen LogP contribution in [-0.2, 0) is 19.6 Å². The van der Waals surface area contributed by atoms with Crippen molar-refractivity contribution in [1.82, 2.24) is 9.62 Å². The molecule has 0 spiro atoms. The lowest BCUT2D eigenvalue weighted by Crippen LogP contribution is -2.31. The van der Waals surface area contributed by atoms with Gasteiger partial charge < -0.3 is 10.1 Å². The number of carbonyl (C=O) groups excluding carboxylic acids is 2. The third-order valence-corrected chi connectivity index (χ3v) is 6.21. The lowest BCUT2D eigenvalue weighted by Gasteiger charge is -2.19. The lowest BCUT2D eigenvalue weighted by atomic mass is 10.2. The molecule has 0 unspecified atom stereocenters. The van der Waals surface area contributed by atoms with E-state index in [-0.39, 0.29) is 28.6 Å². The number of halogens is 1. The summed E-state index contributed by atoms with van der Waals surface area (Å²) in [4.78, 5) is 23.6. The molecule has 0 aliphatic carbocycles. The van der Waals surface area contributed by atoms with Gasteiger partial charge in [0.2, 0.25) is 10.0 Å². The van der Waals surface area contributed by atoms with E-state index in [9.17, 15) is 18.0 Å². The third kappa shape index (κ3) is 5.96. The molecule has 26 heavy (non-hydrogen) atoms. The third-order valence-electron chi connectivity index (χ3n) is 3.68. The minimum atomic E-state index is -3.82. The van der Waals surface area contributed by atoms with Crippen LogP contribution in [0.2, 0.25) is 5.02 Å². The van der Waals surface area contributed by atoms with Gasteiger partial charge in [-0.3, -0.25) is 4.79 Å². The van der Waals surface area contributed by atoms with Crippen molar-refractivity contribution < 1.29 is 22.7 Å². The zero-order valence-electron chi connectivity index (χ0n) is 15.2. The molecule has 0 atom stereocenters. The van der Waals surface area contributed by atoms with E-state index in [2.05, 4.69) is 5.32 Å². The molecule has 0 heterocycles. The second kappa shape index (κ2) is 10.5. The van der Waals surface area contributed by atoms with Crippen molar-refractivity contribution in [1.29, 1.82) is 0 Å². The van der Waals surface area contributed by atoms with Gasteiger partial charge in [0, 0.05) is 19.6 Å². The summed E-state index contributed by atoms with van der Waals surface area (Å²) in [6.07, 6.45) is 1.78. The van der Waals surface area contributed by atoms with Crippen molar-refractivity contribution in [2.75, 3.05) is 26.2 Å². The van der Waals surface area contributed by atoms with Crippen LogP contribution in [0.3, 0.4) is 0 Å². The Morgan fingerprint density at radius 1 is 1.19 bits per heavy atom. The number of amides is 1. The minimum absolute atomic E-state index is 0.0153. The first-order valence-electron chi connectivity index (χ1n) is 8.51. The lowest BCUT2D eigenvalue weighted by molar-refractivity contribution is -0.124. The van der Waals surface area contributed by atoms with Crippen molar-refractivity contribution in [3.63, 3.8) is 0 Å². The molecule has 9 heteroatoms. The maximum Gasteiger partial charge on any atom is 0.338 e. The Bertz CT molecular complexity index is 733. The van der Waals surface area contributed by atoms with Crippen LogP contribution >= 0.6 is 11.6 Å². The van der Waals surface area contributed by atoms with Gasteiger partial charge in [0.15, 0.2) is 6.61 Å². The van der Waals surface area contributed by atoms with Crippen LogP contribution < -0.4 is 5.32 Å². The Morgan fingerprint density at radius 3 is 2.42 bits per heavy atom. The first kappa shape index (κ1) is 22.4. The number of hydrogen-bond acceptors (Lipinski definition) is 5. The van der Waals surface area contributed by atoms with E-state index in [0.29, 0.717) is 6.54 Å². The predicted molar refractivity (Wildman–Crippen MR) is 99.8 cm³/mol. The summed E-state index contributed by atoms with van der Waals surface area (Å²) in [5.74, 6) is -1.19. The molecule has 0 bridgehead atoms. The van der Waals surface area contributed by atoms with Crippen molar-refractivity contribution in [3.8, 4) is 0 Å². The standard InChI is InChI=1S/C17H25ClN2O5S/c1-4-7-10-19-16(21)12-25-17(22)13-8-9-14(18)15(11-13)26(23,24)20(5-2)6-3/h8-9,11H,4-7,10,12H2,1-3H3,(H,19,21). The highest BCUT2D eigenvalue weighted by Gasteiger charge is 2.26. The van der Waals surface area contributed by atoms with Gasteiger partial charge in [-0.2, -0.15) is 4.31 Å². The normalized spacial score (nSPS) is 11.4. The predicted octanol–water partition coefficient (Wildman–Crippen LogP) is 2.44. The smallest absolute Gasteiger partial charge is 0.338 e. The van der Waals surface area contributed by atoms with E-state index in [0.717, 1.165) is 12.8 Å². The second-order valence-electron chi connectivity index (χ2n) is 5.51. The molecule has 0 fully saturated rings. The molecule has 0 saturated heterocycles. The molecule has 0 aromatic heterocycles. The van der Waals surface area contributed by atoms with Gasteiger partial charge >= 0.3 is 5.97 Å². The fourth-order valence-electron chi connectivity index (χ4n) is 2.20. The molecule has 7 nitrogen and oxygen atoms in total. The monoisotopic (exact) mass is 404 g/mol. The molecular weight excluding hydrogens is 380 g/mol. The second-order valence-corrected chi connectivity index (χ2v) is 7.83. The first-order valence-corrected chi connectivity index (χ1v) is 10.3. The number of unbranched alkanes of at least 4 members (excludes halogenated alkanes) is 1. The number of rotatable bonds is 10. The molecule has 1 aromatic carbocycles. The SMILES string of the molecule is CCCCNC(=O)COC(=O)c1ccc(Cl)c(S(=O)(=O)N(CC)CC)c1. The number of sulfonamides is 1. The molecule has 1 amide bonds. The molecule has 0 radical (unpaired) electrons. The van der Waals surface area contributed by atoms with Crippen LogP contribution in [0, 0.1) is 0 Å². The van der Waals surface area contributed by atoms with Gasteiger partial charge in [0.25, 0.3) is 5.91 Å². The summed E-state index contributed by atoms with van der Waals surface area (Å²) in [6, 6.07) is 3.87. The van der Waals surface area contributed by atoms with E-state index in [1.807, 2.05) is 6.92 Å². The van der Waals surface area contributed by atoms with E-state index in [4.69, 9.17) is 16.3 Å². The Hall–Kier alpha value is -1.64. The molecule has 146 valence electrons. The summed E-state index contributed by atoms with van der Waals surface area (Å²) in [6.45, 7) is 6.07. The van der Waals surface area contributed by atoms with Crippen LogP contribution in [-0.4, -0.2) is 50.8 Å². The van der Waals surface area contributed by atoms with Crippen molar-refractivity contribution >= 4 is 33.5 Å². The molecule has 1 rings (SSSR count). The number of nitrogens with one attached hydrogen (secondary N) is 1. The van der Waals surface area contributed by atoms with Gasteiger partial charge in [-0.1, -0.05) is 38.8 Å². The number of ether oxygens (including phenoxy) is 1. The van der Waals surface area contributed by atoms with Crippen molar-refractivity contribution in [3.05, 3.63) is 28.8 Å². The summed E-state index contributed by atoms with van der Waals surface area (Å²) in [5, 5.41) is 2.64. The van der Waals surface area contributed by atoms with Gasteiger partial charge in [-0.05, 0) is 24.6 Å². The molecular formula is C17H25ClN2O5S. The molecule has 0 aliphatic heterocycles. The van der Waals surface area contributed by atoms with E-state index >= 15 is 0 Å². The highest BCUT2D eigenvalue weighted by Crippen LogP contribution is 2.26. The highest BCUT2D eigenvalue weighted by molar-refractivity contribution is 7.89. The topological polar surface area (TPSA) is 92.8 Å². The molecule has 1 N–H and O–H groups in total.